The molecule has 2 aromatic rings. The van der Waals surface area contributed by atoms with Crippen molar-refractivity contribution in [3.8, 4) is 0 Å². The first-order valence-electron chi connectivity index (χ1n) is 9.18. The Balaban J connectivity index is 1.82. The quantitative estimate of drug-likeness (QED) is 0.807. The van der Waals surface area contributed by atoms with Gasteiger partial charge in [-0.15, -0.1) is 0 Å². The van der Waals surface area contributed by atoms with E-state index in [1.807, 2.05) is 12.1 Å². The van der Waals surface area contributed by atoms with E-state index >= 15 is 0 Å². The van der Waals surface area contributed by atoms with Crippen LogP contribution in [0.5, 0.6) is 0 Å². The summed E-state index contributed by atoms with van der Waals surface area (Å²) in [5, 5.41) is 10.2. The van der Waals surface area contributed by atoms with Crippen LogP contribution >= 0.6 is 0 Å². The van der Waals surface area contributed by atoms with Crippen LogP contribution in [0.1, 0.15) is 64.6 Å². The van der Waals surface area contributed by atoms with Gasteiger partial charge in [0.1, 0.15) is 6.10 Å². The molecule has 0 spiro atoms. The smallest absolute Gasteiger partial charge is 0.335 e. The molecule has 0 aliphatic heterocycles. The Morgan fingerprint density at radius 1 is 0.889 bits per heavy atom. The number of fused-ring (bicyclic) bond motifs is 1. The molecule has 1 aliphatic carbocycles. The first-order chi connectivity index (χ1) is 12.8. The van der Waals surface area contributed by atoms with Crippen molar-refractivity contribution < 1.29 is 19.5 Å². The molecule has 0 fully saturated rings. The van der Waals surface area contributed by atoms with Gasteiger partial charge in [0.05, 0.1) is 5.56 Å². The van der Waals surface area contributed by atoms with Crippen LogP contribution in [0.25, 0.3) is 0 Å². The second-order valence-electron chi connectivity index (χ2n) is 7.35. The molecule has 5 heteroatoms. The molecule has 142 valence electrons. The van der Waals surface area contributed by atoms with Gasteiger partial charge in [-0.2, -0.15) is 0 Å². The summed E-state index contributed by atoms with van der Waals surface area (Å²) in [5.74, 6) is -0.222. The fourth-order valence-corrected chi connectivity index (χ4v) is 3.79. The standard InChI is InChI=1S/C22H25NO4/c1-13-14(2)18-7-5-6-8-19(18)20(15(13)3)27-23(4)21(24)16-9-11-17(12-10-16)22(25)26/h5-15,20H,1-4H3,(H,25,26). The molecule has 0 radical (unpaired) electrons. The Morgan fingerprint density at radius 2 is 1.44 bits per heavy atom. The Bertz CT molecular complexity index is 846. The molecule has 0 heterocycles. The summed E-state index contributed by atoms with van der Waals surface area (Å²) in [5.41, 5.74) is 2.92. The highest BCUT2D eigenvalue weighted by molar-refractivity contribution is 5.95. The monoisotopic (exact) mass is 367 g/mol. The van der Waals surface area contributed by atoms with Crippen molar-refractivity contribution in [3.05, 3.63) is 70.8 Å². The van der Waals surface area contributed by atoms with E-state index < -0.39 is 5.97 Å². The van der Waals surface area contributed by atoms with Gasteiger partial charge in [-0.25, -0.2) is 9.86 Å². The van der Waals surface area contributed by atoms with Crippen molar-refractivity contribution in [2.45, 2.75) is 32.8 Å². The van der Waals surface area contributed by atoms with Crippen LogP contribution in [0.2, 0.25) is 0 Å². The average Bonchev–Trinajstić information content (AvgIpc) is 2.68. The number of benzene rings is 2. The van der Waals surface area contributed by atoms with E-state index in [-0.39, 0.29) is 23.5 Å². The number of rotatable bonds is 4. The van der Waals surface area contributed by atoms with Crippen LogP contribution in [-0.2, 0) is 4.84 Å². The van der Waals surface area contributed by atoms with Gasteiger partial charge in [0, 0.05) is 12.6 Å². The highest BCUT2D eigenvalue weighted by Crippen LogP contribution is 2.46. The number of hydrogen-bond donors (Lipinski definition) is 1. The van der Waals surface area contributed by atoms with E-state index in [1.165, 1.54) is 34.9 Å². The van der Waals surface area contributed by atoms with E-state index in [0.29, 0.717) is 17.4 Å². The Labute approximate surface area is 159 Å². The molecule has 0 saturated heterocycles. The van der Waals surface area contributed by atoms with Crippen LogP contribution < -0.4 is 0 Å². The summed E-state index contributed by atoms with van der Waals surface area (Å²) in [6, 6.07) is 14.1. The Hall–Kier alpha value is -2.66. The maximum absolute atomic E-state index is 12.7. The minimum absolute atomic E-state index is 0.146. The maximum atomic E-state index is 12.7. The van der Waals surface area contributed by atoms with Gasteiger partial charge >= 0.3 is 5.97 Å². The van der Waals surface area contributed by atoms with Crippen LogP contribution in [-0.4, -0.2) is 29.1 Å². The van der Waals surface area contributed by atoms with E-state index in [2.05, 4.69) is 32.9 Å². The molecule has 0 aromatic heterocycles. The van der Waals surface area contributed by atoms with E-state index in [0.717, 1.165) is 5.56 Å². The third kappa shape index (κ3) is 3.60. The number of carbonyl (C=O) groups is 2. The number of hydroxylamine groups is 2. The number of carboxylic acid groups (broad SMARTS) is 1. The molecule has 4 unspecified atom stereocenters. The molecular weight excluding hydrogens is 342 g/mol. The minimum Gasteiger partial charge on any atom is -0.478 e. The Kier molecular flexibility index (Phi) is 5.33. The average molecular weight is 367 g/mol. The van der Waals surface area contributed by atoms with Crippen LogP contribution in [0.15, 0.2) is 48.5 Å². The normalized spacial score (nSPS) is 24.1. The zero-order valence-corrected chi connectivity index (χ0v) is 16.0. The summed E-state index contributed by atoms with van der Waals surface area (Å²) in [7, 11) is 1.60. The largest absolute Gasteiger partial charge is 0.478 e. The lowest BCUT2D eigenvalue weighted by molar-refractivity contribution is -0.176. The highest BCUT2D eigenvalue weighted by Gasteiger charge is 2.38. The lowest BCUT2D eigenvalue weighted by Gasteiger charge is -2.41. The molecule has 4 atom stereocenters. The second-order valence-corrected chi connectivity index (χ2v) is 7.35. The van der Waals surface area contributed by atoms with Crippen molar-refractivity contribution in [2.24, 2.45) is 11.8 Å². The van der Waals surface area contributed by atoms with Crippen molar-refractivity contribution in [2.75, 3.05) is 7.05 Å². The molecule has 3 rings (SSSR count). The van der Waals surface area contributed by atoms with Gasteiger partial charge in [0.2, 0.25) is 0 Å². The topological polar surface area (TPSA) is 66.8 Å². The first-order valence-corrected chi connectivity index (χ1v) is 9.18. The number of carboxylic acids is 1. The lowest BCUT2D eigenvalue weighted by Crippen LogP contribution is -2.36. The lowest BCUT2D eigenvalue weighted by atomic mass is 9.70. The number of nitrogens with zero attached hydrogens (tertiary/aromatic N) is 1. The van der Waals surface area contributed by atoms with Crippen molar-refractivity contribution in [1.29, 1.82) is 0 Å². The van der Waals surface area contributed by atoms with Crippen LogP contribution in [0.3, 0.4) is 0 Å². The van der Waals surface area contributed by atoms with Gasteiger partial charge in [-0.3, -0.25) is 9.63 Å². The highest BCUT2D eigenvalue weighted by atomic mass is 16.7. The van der Waals surface area contributed by atoms with Gasteiger partial charge in [-0.05, 0) is 53.1 Å². The van der Waals surface area contributed by atoms with E-state index in [4.69, 9.17) is 9.94 Å². The third-order valence-corrected chi connectivity index (χ3v) is 5.83. The predicted molar refractivity (Wildman–Crippen MR) is 103 cm³/mol. The summed E-state index contributed by atoms with van der Waals surface area (Å²) >= 11 is 0. The predicted octanol–water partition coefficient (Wildman–Crippen LogP) is 4.52. The SMILES string of the molecule is CC1c2ccccc2C(ON(C)C(=O)c2ccc(C(=O)O)cc2)C(C)C1C. The molecule has 1 amide bonds. The summed E-state index contributed by atoms with van der Waals surface area (Å²) < 4.78 is 0. The molecule has 2 aromatic carbocycles. The minimum atomic E-state index is -1.02. The summed E-state index contributed by atoms with van der Waals surface area (Å²) in [6.07, 6.45) is -0.209. The Morgan fingerprint density at radius 3 is 2.04 bits per heavy atom. The molecule has 0 saturated carbocycles. The van der Waals surface area contributed by atoms with Crippen molar-refractivity contribution in [3.63, 3.8) is 0 Å². The van der Waals surface area contributed by atoms with Gasteiger partial charge in [-0.1, -0.05) is 45.0 Å². The number of aromatic carboxylic acids is 1. The van der Waals surface area contributed by atoms with Crippen LogP contribution in [0, 0.1) is 11.8 Å². The van der Waals surface area contributed by atoms with Crippen LogP contribution in [0.4, 0.5) is 0 Å². The molecular formula is C22H25NO4. The second kappa shape index (κ2) is 7.53. The van der Waals surface area contributed by atoms with Gasteiger partial charge in [0.15, 0.2) is 0 Å². The first kappa shape index (κ1) is 19.1. The molecule has 1 aliphatic rings. The zero-order chi connectivity index (χ0) is 19.7. The number of amides is 1. The van der Waals surface area contributed by atoms with Crippen molar-refractivity contribution in [1.82, 2.24) is 5.06 Å². The van der Waals surface area contributed by atoms with Crippen molar-refractivity contribution >= 4 is 11.9 Å². The van der Waals surface area contributed by atoms with E-state index in [9.17, 15) is 9.59 Å². The molecule has 27 heavy (non-hydrogen) atoms. The zero-order valence-electron chi connectivity index (χ0n) is 16.0. The molecule has 5 nitrogen and oxygen atoms in total. The summed E-state index contributed by atoms with van der Waals surface area (Å²) in [6.45, 7) is 6.60. The fraction of sp³-hybridized carbons (Fsp3) is 0.364. The molecule has 0 bridgehead atoms. The van der Waals surface area contributed by atoms with E-state index in [1.54, 1.807) is 7.05 Å². The van der Waals surface area contributed by atoms with Gasteiger partial charge < -0.3 is 5.11 Å². The number of carbonyl (C=O) groups excluding carboxylic acids is 1. The molecule has 1 N–H and O–H groups in total. The number of hydrogen-bond acceptors (Lipinski definition) is 3. The summed E-state index contributed by atoms with van der Waals surface area (Å²) in [4.78, 5) is 29.8. The third-order valence-electron chi connectivity index (χ3n) is 5.83. The fourth-order valence-electron chi connectivity index (χ4n) is 3.79. The maximum Gasteiger partial charge on any atom is 0.335 e. The van der Waals surface area contributed by atoms with Gasteiger partial charge in [0.25, 0.3) is 5.91 Å².